The van der Waals surface area contributed by atoms with Crippen LogP contribution in [0.2, 0.25) is 5.02 Å². The second-order valence-electron chi connectivity index (χ2n) is 5.19. The molecule has 0 spiro atoms. The van der Waals surface area contributed by atoms with Gasteiger partial charge in [-0.1, -0.05) is 29.8 Å². The van der Waals surface area contributed by atoms with E-state index in [0.717, 1.165) is 5.69 Å². The van der Waals surface area contributed by atoms with E-state index in [1.54, 1.807) is 18.3 Å². The number of para-hydroxylation sites is 1. The molecule has 4 nitrogen and oxygen atoms in total. The van der Waals surface area contributed by atoms with E-state index >= 15 is 0 Å². The molecule has 2 rings (SSSR count). The van der Waals surface area contributed by atoms with E-state index in [2.05, 4.69) is 22.1 Å². The number of benzene rings is 1. The lowest BCUT2D eigenvalue weighted by Crippen LogP contribution is -2.27. The second kappa shape index (κ2) is 7.92. The predicted molar refractivity (Wildman–Crippen MR) is 90.0 cm³/mol. The van der Waals surface area contributed by atoms with Crippen molar-refractivity contribution >= 4 is 23.2 Å². The van der Waals surface area contributed by atoms with Gasteiger partial charge in [-0.15, -0.1) is 0 Å². The number of rotatable bonds is 6. The lowest BCUT2D eigenvalue weighted by Gasteiger charge is -2.23. The average Bonchev–Trinajstić information content (AvgIpc) is 2.55. The van der Waals surface area contributed by atoms with Crippen molar-refractivity contribution in [2.45, 2.75) is 19.4 Å². The lowest BCUT2D eigenvalue weighted by molar-refractivity contribution is -0.116. The van der Waals surface area contributed by atoms with Gasteiger partial charge in [0, 0.05) is 25.2 Å². The van der Waals surface area contributed by atoms with Gasteiger partial charge < -0.3 is 5.32 Å². The first-order valence-electron chi connectivity index (χ1n) is 7.23. The molecule has 0 aliphatic rings. The number of nitrogens with one attached hydrogen (secondary N) is 1. The summed E-state index contributed by atoms with van der Waals surface area (Å²) in [4.78, 5) is 18.5. The van der Waals surface area contributed by atoms with E-state index in [1.807, 2.05) is 37.4 Å². The molecule has 1 heterocycles. The van der Waals surface area contributed by atoms with Crippen molar-refractivity contribution in [3.05, 3.63) is 59.4 Å². The summed E-state index contributed by atoms with van der Waals surface area (Å²) in [6.07, 6.45) is 2.18. The van der Waals surface area contributed by atoms with E-state index in [0.29, 0.717) is 23.7 Å². The van der Waals surface area contributed by atoms with Gasteiger partial charge >= 0.3 is 0 Å². The quantitative estimate of drug-likeness (QED) is 0.882. The molecule has 1 aromatic carbocycles. The summed E-state index contributed by atoms with van der Waals surface area (Å²) >= 11 is 6.03. The standard InChI is InChI=1S/C17H20ClN3O/c1-13(15-8-5-6-11-19-15)21(2)12-10-17(22)20-16-9-4-3-7-14(16)18/h3-9,11,13H,10,12H2,1-2H3,(H,20,22)/t13-/m0/s1. The van der Waals surface area contributed by atoms with Crippen LogP contribution in [0.25, 0.3) is 0 Å². The highest BCUT2D eigenvalue weighted by Crippen LogP contribution is 2.21. The van der Waals surface area contributed by atoms with Crippen LogP contribution in [0.3, 0.4) is 0 Å². The first-order chi connectivity index (χ1) is 10.6. The fraction of sp³-hybridized carbons (Fsp3) is 0.294. The van der Waals surface area contributed by atoms with Gasteiger partial charge in [-0.05, 0) is 38.2 Å². The number of aromatic nitrogens is 1. The molecule has 0 saturated heterocycles. The Morgan fingerprint density at radius 1 is 1.27 bits per heavy atom. The summed E-state index contributed by atoms with van der Waals surface area (Å²) in [5.74, 6) is -0.0480. The molecular weight excluding hydrogens is 298 g/mol. The average molecular weight is 318 g/mol. The second-order valence-corrected chi connectivity index (χ2v) is 5.60. The Morgan fingerprint density at radius 2 is 2.00 bits per heavy atom. The Hall–Kier alpha value is -1.91. The van der Waals surface area contributed by atoms with Gasteiger partial charge in [0.05, 0.1) is 16.4 Å². The number of hydrogen-bond acceptors (Lipinski definition) is 3. The van der Waals surface area contributed by atoms with Gasteiger partial charge in [0.15, 0.2) is 0 Å². The third-order valence-electron chi connectivity index (χ3n) is 3.62. The predicted octanol–water partition coefficient (Wildman–Crippen LogP) is 3.76. The summed E-state index contributed by atoms with van der Waals surface area (Å²) in [5, 5.41) is 3.38. The Balaban J connectivity index is 1.84. The van der Waals surface area contributed by atoms with Crippen molar-refractivity contribution in [3.63, 3.8) is 0 Å². The topological polar surface area (TPSA) is 45.2 Å². The van der Waals surface area contributed by atoms with Gasteiger partial charge in [-0.2, -0.15) is 0 Å². The molecule has 1 N–H and O–H groups in total. The Kier molecular flexibility index (Phi) is 5.92. The molecule has 1 atom stereocenters. The van der Waals surface area contributed by atoms with Crippen LogP contribution in [0, 0.1) is 0 Å². The molecule has 2 aromatic rings. The Morgan fingerprint density at radius 3 is 2.68 bits per heavy atom. The smallest absolute Gasteiger partial charge is 0.225 e. The van der Waals surface area contributed by atoms with Crippen molar-refractivity contribution in [2.75, 3.05) is 18.9 Å². The van der Waals surface area contributed by atoms with Crippen LogP contribution >= 0.6 is 11.6 Å². The summed E-state index contributed by atoms with van der Waals surface area (Å²) in [6, 6.07) is 13.2. The molecule has 0 bridgehead atoms. The van der Waals surface area contributed by atoms with E-state index in [9.17, 15) is 4.79 Å². The number of nitrogens with zero attached hydrogens (tertiary/aromatic N) is 2. The zero-order chi connectivity index (χ0) is 15.9. The van der Waals surface area contributed by atoms with E-state index in [1.165, 1.54) is 0 Å². The van der Waals surface area contributed by atoms with Gasteiger partial charge in [-0.25, -0.2) is 0 Å². The Labute approximate surface area is 136 Å². The van der Waals surface area contributed by atoms with Crippen LogP contribution < -0.4 is 5.32 Å². The van der Waals surface area contributed by atoms with Crippen LogP contribution in [-0.4, -0.2) is 29.4 Å². The molecule has 22 heavy (non-hydrogen) atoms. The monoisotopic (exact) mass is 317 g/mol. The lowest BCUT2D eigenvalue weighted by atomic mass is 10.2. The third-order valence-corrected chi connectivity index (χ3v) is 3.95. The van der Waals surface area contributed by atoms with Gasteiger partial charge in [0.2, 0.25) is 5.91 Å². The SMILES string of the molecule is C[C@@H](c1ccccn1)N(C)CCC(=O)Nc1ccccc1Cl. The largest absolute Gasteiger partial charge is 0.325 e. The molecule has 116 valence electrons. The first kappa shape index (κ1) is 16.5. The van der Waals surface area contributed by atoms with Crippen molar-refractivity contribution in [3.8, 4) is 0 Å². The van der Waals surface area contributed by atoms with Crippen molar-refractivity contribution < 1.29 is 4.79 Å². The molecule has 1 aromatic heterocycles. The zero-order valence-electron chi connectivity index (χ0n) is 12.8. The summed E-state index contributed by atoms with van der Waals surface area (Å²) < 4.78 is 0. The highest BCUT2D eigenvalue weighted by molar-refractivity contribution is 6.33. The molecule has 0 aliphatic heterocycles. The Bertz CT molecular complexity index is 618. The number of carbonyl (C=O) groups excluding carboxylic acids is 1. The van der Waals surface area contributed by atoms with Crippen LogP contribution in [-0.2, 0) is 4.79 Å². The maximum Gasteiger partial charge on any atom is 0.225 e. The van der Waals surface area contributed by atoms with E-state index in [-0.39, 0.29) is 11.9 Å². The fourth-order valence-corrected chi connectivity index (χ4v) is 2.28. The molecule has 0 unspecified atom stereocenters. The highest BCUT2D eigenvalue weighted by Gasteiger charge is 2.14. The number of amides is 1. The zero-order valence-corrected chi connectivity index (χ0v) is 13.5. The van der Waals surface area contributed by atoms with Crippen molar-refractivity contribution in [1.29, 1.82) is 0 Å². The maximum atomic E-state index is 12.0. The van der Waals surface area contributed by atoms with Crippen LogP contribution in [0.4, 0.5) is 5.69 Å². The molecule has 0 radical (unpaired) electrons. The number of hydrogen-bond donors (Lipinski definition) is 1. The van der Waals surface area contributed by atoms with Crippen LogP contribution in [0.15, 0.2) is 48.7 Å². The third kappa shape index (κ3) is 4.55. The van der Waals surface area contributed by atoms with Gasteiger partial charge in [-0.3, -0.25) is 14.7 Å². The van der Waals surface area contributed by atoms with E-state index < -0.39 is 0 Å². The summed E-state index contributed by atoms with van der Waals surface area (Å²) in [6.45, 7) is 2.72. The minimum atomic E-state index is -0.0480. The number of halogens is 1. The number of anilines is 1. The van der Waals surface area contributed by atoms with Gasteiger partial charge in [0.25, 0.3) is 0 Å². The minimum absolute atomic E-state index is 0.0480. The molecule has 1 amide bonds. The molecule has 0 aliphatic carbocycles. The number of carbonyl (C=O) groups is 1. The molecule has 0 fully saturated rings. The summed E-state index contributed by atoms with van der Waals surface area (Å²) in [5.41, 5.74) is 1.64. The normalized spacial score (nSPS) is 12.2. The molecule has 5 heteroatoms. The van der Waals surface area contributed by atoms with Crippen molar-refractivity contribution in [1.82, 2.24) is 9.88 Å². The van der Waals surface area contributed by atoms with E-state index in [4.69, 9.17) is 11.6 Å². The number of pyridine rings is 1. The minimum Gasteiger partial charge on any atom is -0.325 e. The van der Waals surface area contributed by atoms with Crippen molar-refractivity contribution in [2.24, 2.45) is 0 Å². The first-order valence-corrected chi connectivity index (χ1v) is 7.61. The maximum absolute atomic E-state index is 12.0. The molecular formula is C17H20ClN3O. The van der Waals surface area contributed by atoms with Gasteiger partial charge in [0.1, 0.15) is 0 Å². The summed E-state index contributed by atoms with van der Waals surface area (Å²) in [7, 11) is 1.99. The van der Waals surface area contributed by atoms with Crippen LogP contribution in [0.1, 0.15) is 25.1 Å². The highest BCUT2D eigenvalue weighted by atomic mass is 35.5. The molecule has 0 saturated carbocycles. The van der Waals surface area contributed by atoms with Crippen LogP contribution in [0.5, 0.6) is 0 Å². The fourth-order valence-electron chi connectivity index (χ4n) is 2.10.